The molecule has 0 unspecified atom stereocenters. The largest absolute Gasteiger partial charge is 0.321 e. The number of pyridine rings is 1. The monoisotopic (exact) mass is 333 g/mol. The van der Waals surface area contributed by atoms with E-state index in [1.807, 2.05) is 0 Å². The minimum atomic E-state index is -0.386. The zero-order chi connectivity index (χ0) is 17.2. The van der Waals surface area contributed by atoms with Gasteiger partial charge in [-0.05, 0) is 18.2 Å². The number of aromatic nitrogens is 4. The molecule has 0 saturated heterocycles. The van der Waals surface area contributed by atoms with Gasteiger partial charge in [0.05, 0.1) is 11.9 Å². The van der Waals surface area contributed by atoms with E-state index in [0.717, 1.165) is 0 Å². The number of amides is 1. The van der Waals surface area contributed by atoms with Crippen LogP contribution in [-0.2, 0) is 0 Å². The van der Waals surface area contributed by atoms with Crippen molar-refractivity contribution in [3.63, 3.8) is 0 Å². The van der Waals surface area contributed by atoms with Gasteiger partial charge in [0, 0.05) is 35.9 Å². The molecule has 0 saturated carbocycles. The van der Waals surface area contributed by atoms with Gasteiger partial charge in [0.25, 0.3) is 5.91 Å². The number of hydrogen-bond donors (Lipinski definition) is 1. The molecule has 4 aromatic rings. The number of nitrogens with zero attached hydrogens (tertiary/aromatic N) is 4. The smallest absolute Gasteiger partial charge is 0.261 e. The number of carbonyl (C=O) groups excluding carboxylic acids is 1. The lowest BCUT2D eigenvalue weighted by Crippen LogP contribution is -2.13. The first-order chi connectivity index (χ1) is 12.2. The molecule has 0 fully saturated rings. The molecule has 0 aliphatic carbocycles. The van der Waals surface area contributed by atoms with Crippen LogP contribution in [0.5, 0.6) is 0 Å². The van der Waals surface area contributed by atoms with Crippen LogP contribution in [0, 0.1) is 5.82 Å². The van der Waals surface area contributed by atoms with E-state index in [0.29, 0.717) is 28.0 Å². The number of halogens is 1. The minimum Gasteiger partial charge on any atom is -0.321 e. The van der Waals surface area contributed by atoms with Gasteiger partial charge in [0.15, 0.2) is 5.65 Å². The molecule has 0 aliphatic rings. The Morgan fingerprint density at radius 1 is 1.04 bits per heavy atom. The fourth-order valence-electron chi connectivity index (χ4n) is 2.57. The molecule has 4 rings (SSSR count). The van der Waals surface area contributed by atoms with E-state index < -0.39 is 0 Å². The van der Waals surface area contributed by atoms with Crippen molar-refractivity contribution >= 4 is 17.2 Å². The van der Waals surface area contributed by atoms with E-state index in [1.165, 1.54) is 29.2 Å². The van der Waals surface area contributed by atoms with Gasteiger partial charge in [-0.15, -0.1) is 0 Å². The molecule has 1 N–H and O–H groups in total. The van der Waals surface area contributed by atoms with E-state index in [4.69, 9.17) is 0 Å². The second kappa shape index (κ2) is 6.12. The van der Waals surface area contributed by atoms with Gasteiger partial charge in [-0.2, -0.15) is 5.10 Å². The van der Waals surface area contributed by atoms with Gasteiger partial charge >= 0.3 is 0 Å². The van der Waals surface area contributed by atoms with Crippen LogP contribution >= 0.6 is 0 Å². The molecule has 0 bridgehead atoms. The van der Waals surface area contributed by atoms with Crippen molar-refractivity contribution in [1.29, 1.82) is 0 Å². The second-order valence-corrected chi connectivity index (χ2v) is 5.30. The van der Waals surface area contributed by atoms with Crippen molar-refractivity contribution in [2.75, 3.05) is 5.32 Å². The number of benzene rings is 1. The first kappa shape index (κ1) is 14.9. The number of fused-ring (bicyclic) bond motifs is 1. The maximum atomic E-state index is 14.1. The Hall–Kier alpha value is -3.61. The Bertz CT molecular complexity index is 1080. The summed E-state index contributed by atoms with van der Waals surface area (Å²) in [4.78, 5) is 20.8. The summed E-state index contributed by atoms with van der Waals surface area (Å²) >= 11 is 0. The lowest BCUT2D eigenvalue weighted by Gasteiger charge is -2.11. The first-order valence-corrected chi connectivity index (χ1v) is 7.52. The molecule has 0 spiro atoms. The normalized spacial score (nSPS) is 10.8. The summed E-state index contributed by atoms with van der Waals surface area (Å²) in [5.41, 5.74) is 2.10. The first-order valence-electron chi connectivity index (χ1n) is 7.52. The van der Waals surface area contributed by atoms with Gasteiger partial charge in [-0.25, -0.2) is 13.9 Å². The van der Waals surface area contributed by atoms with E-state index in [2.05, 4.69) is 20.4 Å². The third-order valence-electron chi connectivity index (χ3n) is 3.76. The summed E-state index contributed by atoms with van der Waals surface area (Å²) < 4.78 is 15.6. The number of hydrogen-bond acceptors (Lipinski definition) is 4. The molecule has 1 aromatic carbocycles. The Kier molecular flexibility index (Phi) is 3.66. The Balaban J connectivity index is 1.72. The lowest BCUT2D eigenvalue weighted by atomic mass is 10.1. The quantitative estimate of drug-likeness (QED) is 0.625. The molecule has 6 nitrogen and oxygen atoms in total. The molecule has 3 heterocycles. The predicted molar refractivity (Wildman–Crippen MR) is 90.6 cm³/mol. The van der Waals surface area contributed by atoms with E-state index in [-0.39, 0.29) is 11.7 Å². The van der Waals surface area contributed by atoms with E-state index in [9.17, 15) is 9.18 Å². The van der Waals surface area contributed by atoms with Gasteiger partial charge in [-0.1, -0.05) is 18.2 Å². The van der Waals surface area contributed by atoms with Gasteiger partial charge in [0.2, 0.25) is 0 Å². The summed E-state index contributed by atoms with van der Waals surface area (Å²) in [6, 6.07) is 9.69. The molecule has 7 heteroatoms. The van der Waals surface area contributed by atoms with Gasteiger partial charge in [0.1, 0.15) is 11.4 Å². The fourth-order valence-corrected chi connectivity index (χ4v) is 2.57. The highest BCUT2D eigenvalue weighted by Crippen LogP contribution is 2.29. The van der Waals surface area contributed by atoms with Crippen LogP contribution < -0.4 is 5.32 Å². The zero-order valence-electron chi connectivity index (χ0n) is 12.9. The molecule has 0 atom stereocenters. The average molecular weight is 333 g/mol. The number of anilines is 1. The summed E-state index contributed by atoms with van der Waals surface area (Å²) in [5.74, 6) is -0.763. The van der Waals surface area contributed by atoms with Crippen molar-refractivity contribution in [3.05, 3.63) is 78.8 Å². The van der Waals surface area contributed by atoms with Crippen LogP contribution in [0.3, 0.4) is 0 Å². The average Bonchev–Trinajstić information content (AvgIpc) is 3.07. The molecular formula is C18H12FN5O. The van der Waals surface area contributed by atoms with Crippen LogP contribution in [0.4, 0.5) is 10.1 Å². The number of nitrogens with one attached hydrogen (secondary N) is 1. The second-order valence-electron chi connectivity index (χ2n) is 5.30. The highest BCUT2D eigenvalue weighted by molar-refractivity contribution is 6.09. The zero-order valence-corrected chi connectivity index (χ0v) is 12.9. The Morgan fingerprint density at radius 2 is 1.92 bits per heavy atom. The summed E-state index contributed by atoms with van der Waals surface area (Å²) in [5, 5.41) is 6.89. The summed E-state index contributed by atoms with van der Waals surface area (Å²) in [6.45, 7) is 0. The van der Waals surface area contributed by atoms with Crippen molar-refractivity contribution < 1.29 is 9.18 Å². The minimum absolute atomic E-state index is 0.330. The maximum absolute atomic E-state index is 14.1. The van der Waals surface area contributed by atoms with Crippen molar-refractivity contribution in [1.82, 2.24) is 19.6 Å². The summed E-state index contributed by atoms with van der Waals surface area (Å²) in [6.07, 6.45) is 7.79. The lowest BCUT2D eigenvalue weighted by molar-refractivity contribution is 0.102. The molecule has 1 amide bonds. The molecular weight excluding hydrogens is 321 g/mol. The summed E-state index contributed by atoms with van der Waals surface area (Å²) in [7, 11) is 0. The van der Waals surface area contributed by atoms with Gasteiger partial charge < -0.3 is 5.32 Å². The molecule has 0 aliphatic heterocycles. The van der Waals surface area contributed by atoms with E-state index >= 15 is 0 Å². The highest BCUT2D eigenvalue weighted by atomic mass is 19.1. The Labute approximate surface area is 142 Å². The number of carbonyl (C=O) groups is 1. The van der Waals surface area contributed by atoms with Crippen LogP contribution in [-0.4, -0.2) is 25.5 Å². The van der Waals surface area contributed by atoms with Gasteiger partial charge in [-0.3, -0.25) is 9.78 Å². The molecule has 25 heavy (non-hydrogen) atoms. The van der Waals surface area contributed by atoms with Crippen LogP contribution in [0.1, 0.15) is 10.4 Å². The molecule has 0 radical (unpaired) electrons. The third kappa shape index (κ3) is 2.72. The highest BCUT2D eigenvalue weighted by Gasteiger charge is 2.16. The van der Waals surface area contributed by atoms with E-state index in [1.54, 1.807) is 42.7 Å². The van der Waals surface area contributed by atoms with Crippen molar-refractivity contribution in [2.45, 2.75) is 0 Å². The third-order valence-corrected chi connectivity index (χ3v) is 3.76. The van der Waals surface area contributed by atoms with Crippen LogP contribution in [0.2, 0.25) is 0 Å². The SMILES string of the molecule is O=C(Nc1ccncc1-c1ccccc1F)c1cnn2cccnc12. The Morgan fingerprint density at radius 3 is 2.80 bits per heavy atom. The molecule has 122 valence electrons. The fraction of sp³-hybridized carbons (Fsp3) is 0. The topological polar surface area (TPSA) is 72.2 Å². The predicted octanol–water partition coefficient (Wildman–Crippen LogP) is 3.18. The van der Waals surface area contributed by atoms with Crippen molar-refractivity contribution in [2.24, 2.45) is 0 Å². The molecule has 3 aromatic heterocycles. The van der Waals surface area contributed by atoms with Crippen LogP contribution in [0.15, 0.2) is 67.4 Å². The number of rotatable bonds is 3. The van der Waals surface area contributed by atoms with Crippen LogP contribution in [0.25, 0.3) is 16.8 Å². The maximum Gasteiger partial charge on any atom is 0.261 e. The standard InChI is InChI=1S/C18H12FN5O/c19-15-5-2-1-4-12(15)13-10-20-8-6-16(13)23-18(25)14-11-22-24-9-3-7-21-17(14)24/h1-11H,(H,20,23,25). The van der Waals surface area contributed by atoms with Crippen molar-refractivity contribution in [3.8, 4) is 11.1 Å².